The predicted molar refractivity (Wildman–Crippen MR) is 90.6 cm³/mol. The van der Waals surface area contributed by atoms with Gasteiger partial charge in [-0.3, -0.25) is 4.90 Å². The molecule has 0 unspecified atom stereocenters. The summed E-state index contributed by atoms with van der Waals surface area (Å²) in [6.07, 6.45) is -0.207. The summed E-state index contributed by atoms with van der Waals surface area (Å²) in [6, 6.07) is 7.75. The lowest BCUT2D eigenvalue weighted by Crippen LogP contribution is -2.52. The maximum absolute atomic E-state index is 12.1. The van der Waals surface area contributed by atoms with Crippen LogP contribution in [0.2, 0.25) is 0 Å². The number of benzene rings is 1. The number of para-hydroxylation sites is 2. The second-order valence-corrected chi connectivity index (χ2v) is 7.27. The van der Waals surface area contributed by atoms with Crippen molar-refractivity contribution in [1.29, 1.82) is 0 Å². The van der Waals surface area contributed by atoms with Crippen LogP contribution in [0.4, 0.5) is 4.79 Å². The Hall–Kier alpha value is -1.95. The number of piperazine rings is 1. The molecule has 6 heteroatoms. The molecule has 3 rings (SSSR count). The summed E-state index contributed by atoms with van der Waals surface area (Å²) in [5, 5.41) is 0. The molecule has 0 radical (unpaired) electrons. The molecule has 0 N–H and O–H groups in total. The van der Waals surface area contributed by atoms with Gasteiger partial charge in [0.1, 0.15) is 18.3 Å². The van der Waals surface area contributed by atoms with Crippen LogP contribution in [0.1, 0.15) is 20.8 Å². The van der Waals surface area contributed by atoms with E-state index in [0.717, 1.165) is 31.1 Å². The maximum atomic E-state index is 12.1. The summed E-state index contributed by atoms with van der Waals surface area (Å²) >= 11 is 0. The molecule has 0 aliphatic carbocycles. The molecule has 24 heavy (non-hydrogen) atoms. The number of rotatable bonds is 2. The number of hydrogen-bond acceptors (Lipinski definition) is 5. The lowest BCUT2D eigenvalue weighted by molar-refractivity contribution is 0.00643. The molecule has 132 valence electrons. The first-order chi connectivity index (χ1) is 11.4. The molecule has 0 saturated carbocycles. The number of carbonyl (C=O) groups is 1. The van der Waals surface area contributed by atoms with Gasteiger partial charge in [0.2, 0.25) is 0 Å². The van der Waals surface area contributed by atoms with Crippen LogP contribution in [0, 0.1) is 0 Å². The highest BCUT2D eigenvalue weighted by Gasteiger charge is 2.28. The lowest BCUT2D eigenvalue weighted by Gasteiger charge is -2.37. The van der Waals surface area contributed by atoms with Gasteiger partial charge in [0, 0.05) is 32.7 Å². The number of hydrogen-bond donors (Lipinski definition) is 0. The Morgan fingerprint density at radius 3 is 2.50 bits per heavy atom. The van der Waals surface area contributed by atoms with Gasteiger partial charge >= 0.3 is 6.09 Å². The van der Waals surface area contributed by atoms with Crippen molar-refractivity contribution in [3.63, 3.8) is 0 Å². The van der Waals surface area contributed by atoms with Crippen LogP contribution in [0.5, 0.6) is 11.5 Å². The van der Waals surface area contributed by atoms with E-state index in [1.807, 2.05) is 45.0 Å². The largest absolute Gasteiger partial charge is 0.486 e. The first kappa shape index (κ1) is 16.9. The quantitative estimate of drug-likeness (QED) is 0.831. The van der Waals surface area contributed by atoms with E-state index in [1.54, 1.807) is 4.90 Å². The van der Waals surface area contributed by atoms with E-state index in [2.05, 4.69) is 4.90 Å². The van der Waals surface area contributed by atoms with Gasteiger partial charge in [-0.05, 0) is 32.9 Å². The Bertz CT molecular complexity index is 577. The smallest absolute Gasteiger partial charge is 0.410 e. The fraction of sp³-hybridized carbons (Fsp3) is 0.611. The van der Waals surface area contributed by atoms with Gasteiger partial charge in [0.25, 0.3) is 0 Å². The van der Waals surface area contributed by atoms with E-state index in [-0.39, 0.29) is 12.2 Å². The van der Waals surface area contributed by atoms with E-state index in [4.69, 9.17) is 14.2 Å². The molecule has 1 saturated heterocycles. The first-order valence-electron chi connectivity index (χ1n) is 8.49. The van der Waals surface area contributed by atoms with E-state index in [0.29, 0.717) is 19.7 Å². The zero-order valence-corrected chi connectivity index (χ0v) is 14.7. The summed E-state index contributed by atoms with van der Waals surface area (Å²) in [4.78, 5) is 16.2. The molecule has 1 aromatic carbocycles. The van der Waals surface area contributed by atoms with Gasteiger partial charge in [-0.1, -0.05) is 12.1 Å². The SMILES string of the molecule is CC(C)(C)OC(=O)N1CCN(C[C@H]2COc3ccccc3O2)CC1. The zero-order chi connectivity index (χ0) is 17.2. The molecule has 0 bridgehead atoms. The van der Waals surface area contributed by atoms with Crippen molar-refractivity contribution in [2.24, 2.45) is 0 Å². The van der Waals surface area contributed by atoms with Crippen molar-refractivity contribution in [3.05, 3.63) is 24.3 Å². The van der Waals surface area contributed by atoms with Gasteiger partial charge in [0.15, 0.2) is 11.5 Å². The summed E-state index contributed by atoms with van der Waals surface area (Å²) in [6.45, 7) is 10.0. The van der Waals surface area contributed by atoms with Crippen LogP contribution >= 0.6 is 0 Å². The van der Waals surface area contributed by atoms with Crippen LogP contribution in [0.3, 0.4) is 0 Å². The third-order valence-electron chi connectivity index (χ3n) is 4.05. The summed E-state index contributed by atoms with van der Waals surface area (Å²) in [5.41, 5.74) is -0.450. The minimum atomic E-state index is -0.450. The highest BCUT2D eigenvalue weighted by atomic mass is 16.6. The molecule has 0 spiro atoms. The van der Waals surface area contributed by atoms with Crippen LogP contribution in [0.15, 0.2) is 24.3 Å². The Morgan fingerprint density at radius 1 is 1.17 bits per heavy atom. The minimum Gasteiger partial charge on any atom is -0.486 e. The van der Waals surface area contributed by atoms with Crippen LogP contribution in [-0.4, -0.2) is 66.9 Å². The highest BCUT2D eigenvalue weighted by Crippen LogP contribution is 2.31. The molecule has 1 fully saturated rings. The molecular weight excluding hydrogens is 308 g/mol. The molecular formula is C18H26N2O4. The van der Waals surface area contributed by atoms with E-state index in [1.165, 1.54) is 0 Å². The Morgan fingerprint density at radius 2 is 1.83 bits per heavy atom. The van der Waals surface area contributed by atoms with Crippen molar-refractivity contribution < 1.29 is 19.0 Å². The fourth-order valence-corrected chi connectivity index (χ4v) is 2.88. The minimum absolute atomic E-state index is 0.0213. The molecule has 2 aliphatic heterocycles. The zero-order valence-electron chi connectivity index (χ0n) is 14.7. The summed E-state index contributed by atoms with van der Waals surface area (Å²) in [7, 11) is 0. The predicted octanol–water partition coefficient (Wildman–Crippen LogP) is 2.38. The number of nitrogens with zero attached hydrogens (tertiary/aromatic N) is 2. The highest BCUT2D eigenvalue weighted by molar-refractivity contribution is 5.68. The molecule has 1 amide bonds. The van der Waals surface area contributed by atoms with Crippen LogP contribution < -0.4 is 9.47 Å². The Labute approximate surface area is 143 Å². The number of ether oxygens (including phenoxy) is 3. The molecule has 2 aliphatic rings. The molecule has 6 nitrogen and oxygen atoms in total. The third kappa shape index (κ3) is 4.32. The van der Waals surface area contributed by atoms with Crippen molar-refractivity contribution >= 4 is 6.09 Å². The van der Waals surface area contributed by atoms with Gasteiger partial charge in [-0.15, -0.1) is 0 Å². The second-order valence-electron chi connectivity index (χ2n) is 7.27. The second kappa shape index (κ2) is 6.89. The average molecular weight is 334 g/mol. The molecule has 1 atom stereocenters. The van der Waals surface area contributed by atoms with Crippen LogP contribution in [0.25, 0.3) is 0 Å². The average Bonchev–Trinajstić information content (AvgIpc) is 2.54. The van der Waals surface area contributed by atoms with Gasteiger partial charge in [-0.2, -0.15) is 0 Å². The number of amides is 1. The molecule has 2 heterocycles. The Balaban J connectivity index is 1.46. The number of fused-ring (bicyclic) bond motifs is 1. The third-order valence-corrected chi connectivity index (χ3v) is 4.05. The normalized spacial score (nSPS) is 21.5. The van der Waals surface area contributed by atoms with Crippen molar-refractivity contribution in [3.8, 4) is 11.5 Å². The van der Waals surface area contributed by atoms with Crippen molar-refractivity contribution in [2.45, 2.75) is 32.5 Å². The van der Waals surface area contributed by atoms with Gasteiger partial charge in [0.05, 0.1) is 0 Å². The fourth-order valence-electron chi connectivity index (χ4n) is 2.88. The van der Waals surface area contributed by atoms with Gasteiger partial charge in [-0.25, -0.2) is 4.79 Å². The summed E-state index contributed by atoms with van der Waals surface area (Å²) < 4.78 is 17.2. The topological polar surface area (TPSA) is 51.2 Å². The van der Waals surface area contributed by atoms with E-state index in [9.17, 15) is 4.79 Å². The lowest BCUT2D eigenvalue weighted by atomic mass is 10.2. The molecule has 1 aromatic rings. The molecule has 0 aromatic heterocycles. The van der Waals surface area contributed by atoms with Gasteiger partial charge < -0.3 is 19.1 Å². The standard InChI is InChI=1S/C18H26N2O4/c1-18(2,3)24-17(21)20-10-8-19(9-11-20)12-14-13-22-15-6-4-5-7-16(15)23-14/h4-7,14H,8-13H2,1-3H3/t14-/m0/s1. The number of carbonyl (C=O) groups excluding carboxylic acids is 1. The van der Waals surface area contributed by atoms with Crippen LogP contribution in [-0.2, 0) is 4.74 Å². The Kier molecular flexibility index (Phi) is 4.85. The van der Waals surface area contributed by atoms with Crippen molar-refractivity contribution in [2.75, 3.05) is 39.3 Å². The first-order valence-corrected chi connectivity index (χ1v) is 8.49. The summed E-state index contributed by atoms with van der Waals surface area (Å²) in [5.74, 6) is 1.62. The van der Waals surface area contributed by atoms with Crippen molar-refractivity contribution in [1.82, 2.24) is 9.80 Å². The monoisotopic (exact) mass is 334 g/mol. The van der Waals surface area contributed by atoms with E-state index >= 15 is 0 Å². The maximum Gasteiger partial charge on any atom is 0.410 e. The van der Waals surface area contributed by atoms with E-state index < -0.39 is 5.60 Å².